The van der Waals surface area contributed by atoms with Crippen LogP contribution in [0.1, 0.15) is 15.9 Å². The molecule has 1 heterocycles. The Labute approximate surface area is 115 Å². The monoisotopic (exact) mass is 279 g/mol. The zero-order chi connectivity index (χ0) is 10.1. The van der Waals surface area contributed by atoms with Crippen LogP contribution in [0, 0.1) is 6.07 Å². The zero-order valence-electron chi connectivity index (χ0n) is 8.91. The van der Waals surface area contributed by atoms with Gasteiger partial charge in [0.05, 0.1) is 7.11 Å². The van der Waals surface area contributed by atoms with Gasteiger partial charge in [0, 0.05) is 52.1 Å². The molecule has 1 radical (unpaired) electrons. The first-order valence-corrected chi connectivity index (χ1v) is 4.56. The van der Waals surface area contributed by atoms with Crippen LogP contribution in [0.3, 0.4) is 0 Å². The third-order valence-corrected chi connectivity index (χ3v) is 2.52. The number of likely N-dealkylation sites (N-methyl/N-ethyl adjacent to an activating group) is 1. The SMILES string of the molecule is COc1[c-]cc2c(c1)CCN(C)C2=O.[Y]. The van der Waals surface area contributed by atoms with E-state index >= 15 is 0 Å². The zero-order valence-corrected chi connectivity index (χ0v) is 11.7. The van der Waals surface area contributed by atoms with Crippen LogP contribution in [0.2, 0.25) is 0 Å². The van der Waals surface area contributed by atoms with Gasteiger partial charge in [0.2, 0.25) is 0 Å². The summed E-state index contributed by atoms with van der Waals surface area (Å²) in [5.41, 5.74) is 1.81. The maximum Gasteiger partial charge on any atom is 0.198 e. The molecule has 77 valence electrons. The van der Waals surface area contributed by atoms with Crippen molar-refractivity contribution in [3.8, 4) is 5.75 Å². The molecule has 15 heavy (non-hydrogen) atoms. The van der Waals surface area contributed by atoms with Crippen molar-refractivity contribution in [1.29, 1.82) is 0 Å². The molecule has 0 unspecified atom stereocenters. The Kier molecular flexibility index (Phi) is 4.29. The number of methoxy groups -OCH3 is 1. The molecule has 1 aliphatic rings. The Balaban J connectivity index is 0.00000112. The number of fused-ring (bicyclic) bond motifs is 1. The summed E-state index contributed by atoms with van der Waals surface area (Å²) in [6.07, 6.45) is 0.891. The van der Waals surface area contributed by atoms with Crippen LogP contribution in [0.25, 0.3) is 0 Å². The number of carbonyl (C=O) groups excluding carboxylic acids is 1. The quantitative estimate of drug-likeness (QED) is 0.721. The first-order chi connectivity index (χ1) is 6.72. The smallest absolute Gasteiger partial charge is 0.198 e. The van der Waals surface area contributed by atoms with Gasteiger partial charge < -0.3 is 9.64 Å². The van der Waals surface area contributed by atoms with E-state index < -0.39 is 0 Å². The molecule has 4 heteroatoms. The molecule has 1 amide bonds. The van der Waals surface area contributed by atoms with E-state index in [1.807, 2.05) is 13.1 Å². The van der Waals surface area contributed by atoms with Crippen molar-refractivity contribution in [3.63, 3.8) is 0 Å². The standard InChI is InChI=1S/C11H12NO2.Y/c1-12-6-5-8-7-9(14-2)3-4-10(8)11(12)13;/h4,7H,5-6H2,1-2H3;/q-1;. The Hall–Kier alpha value is -0.406. The molecule has 3 nitrogen and oxygen atoms in total. The molecule has 0 spiro atoms. The van der Waals surface area contributed by atoms with Crippen LogP contribution in [0.4, 0.5) is 0 Å². The molecule has 1 aromatic rings. The Morgan fingerprint density at radius 2 is 2.27 bits per heavy atom. The Morgan fingerprint density at radius 3 is 2.93 bits per heavy atom. The van der Waals surface area contributed by atoms with Crippen molar-refractivity contribution in [3.05, 3.63) is 29.3 Å². The normalized spacial score (nSPS) is 14.3. The number of benzene rings is 1. The topological polar surface area (TPSA) is 29.5 Å². The third-order valence-electron chi connectivity index (χ3n) is 2.52. The number of amides is 1. The van der Waals surface area contributed by atoms with Gasteiger partial charge in [-0.2, -0.15) is 6.07 Å². The van der Waals surface area contributed by atoms with Crippen LogP contribution < -0.4 is 4.74 Å². The fourth-order valence-electron chi connectivity index (χ4n) is 1.63. The minimum absolute atomic E-state index is 0. The van der Waals surface area contributed by atoms with Crippen LogP contribution in [0.15, 0.2) is 12.1 Å². The van der Waals surface area contributed by atoms with E-state index in [4.69, 9.17) is 4.74 Å². The predicted octanol–water partition coefficient (Wildman–Crippen LogP) is 1.12. The van der Waals surface area contributed by atoms with Crippen LogP contribution in [-0.2, 0) is 39.1 Å². The van der Waals surface area contributed by atoms with Crippen molar-refractivity contribution in [1.82, 2.24) is 4.90 Å². The van der Waals surface area contributed by atoms with Gasteiger partial charge in [-0.15, -0.1) is 17.7 Å². The second kappa shape index (κ2) is 5.08. The summed E-state index contributed by atoms with van der Waals surface area (Å²) in [6, 6.07) is 6.53. The molecule has 0 saturated carbocycles. The van der Waals surface area contributed by atoms with E-state index in [9.17, 15) is 4.79 Å². The fraction of sp³-hybridized carbons (Fsp3) is 0.364. The average Bonchev–Trinajstić information content (AvgIpc) is 2.23. The summed E-state index contributed by atoms with van der Waals surface area (Å²) in [5.74, 6) is 0.770. The van der Waals surface area contributed by atoms with E-state index in [-0.39, 0.29) is 38.6 Å². The predicted molar refractivity (Wildman–Crippen MR) is 52.5 cm³/mol. The number of hydrogen-bond donors (Lipinski definition) is 0. The molecule has 0 aliphatic carbocycles. The average molecular weight is 279 g/mol. The third kappa shape index (κ3) is 2.40. The summed E-state index contributed by atoms with van der Waals surface area (Å²) >= 11 is 0. The molecule has 0 atom stereocenters. The second-order valence-corrected chi connectivity index (χ2v) is 3.42. The van der Waals surface area contributed by atoms with Gasteiger partial charge in [-0.05, 0) is 6.42 Å². The van der Waals surface area contributed by atoms with E-state index in [1.54, 1.807) is 18.1 Å². The summed E-state index contributed by atoms with van der Waals surface area (Å²) in [6.45, 7) is 0.777. The van der Waals surface area contributed by atoms with Gasteiger partial charge in [0.15, 0.2) is 5.91 Å². The molecule has 1 aromatic carbocycles. The van der Waals surface area contributed by atoms with E-state index in [2.05, 4.69) is 6.07 Å². The molecular formula is C11H12NO2Y-. The van der Waals surface area contributed by atoms with Crippen molar-refractivity contribution in [2.45, 2.75) is 6.42 Å². The van der Waals surface area contributed by atoms with Gasteiger partial charge in [-0.25, -0.2) is 0 Å². The van der Waals surface area contributed by atoms with E-state index in [0.717, 1.165) is 24.1 Å². The van der Waals surface area contributed by atoms with Gasteiger partial charge in [0.1, 0.15) is 0 Å². The van der Waals surface area contributed by atoms with Crippen molar-refractivity contribution in [2.75, 3.05) is 20.7 Å². The fourth-order valence-corrected chi connectivity index (χ4v) is 1.63. The Morgan fingerprint density at radius 1 is 1.53 bits per heavy atom. The number of carbonyl (C=O) groups is 1. The summed E-state index contributed by atoms with van der Waals surface area (Å²) < 4.78 is 5.06. The van der Waals surface area contributed by atoms with Gasteiger partial charge in [-0.3, -0.25) is 4.79 Å². The van der Waals surface area contributed by atoms with Gasteiger partial charge in [0.25, 0.3) is 0 Å². The maximum atomic E-state index is 11.7. The van der Waals surface area contributed by atoms with Crippen LogP contribution in [-0.4, -0.2) is 31.5 Å². The molecular weight excluding hydrogens is 267 g/mol. The summed E-state index contributed by atoms with van der Waals surface area (Å²) in [5, 5.41) is 0. The first kappa shape index (κ1) is 12.7. The summed E-state index contributed by atoms with van der Waals surface area (Å²) in [4.78, 5) is 13.4. The molecule has 0 N–H and O–H groups in total. The number of ether oxygens (including phenoxy) is 1. The van der Waals surface area contributed by atoms with Crippen molar-refractivity contribution < 1.29 is 42.2 Å². The van der Waals surface area contributed by atoms with Crippen LogP contribution >= 0.6 is 0 Å². The van der Waals surface area contributed by atoms with E-state index in [1.165, 1.54) is 0 Å². The minimum atomic E-state index is 0. The Bertz CT molecular complexity index is 379. The number of hydrogen-bond acceptors (Lipinski definition) is 2. The van der Waals surface area contributed by atoms with Crippen molar-refractivity contribution >= 4 is 5.91 Å². The molecule has 0 bridgehead atoms. The molecule has 0 saturated heterocycles. The molecule has 1 aliphatic heterocycles. The van der Waals surface area contributed by atoms with Crippen LogP contribution in [0.5, 0.6) is 5.75 Å². The van der Waals surface area contributed by atoms with Gasteiger partial charge in [-0.1, -0.05) is 5.56 Å². The largest absolute Gasteiger partial charge is 0.523 e. The minimum Gasteiger partial charge on any atom is -0.523 e. The van der Waals surface area contributed by atoms with E-state index in [0.29, 0.717) is 5.75 Å². The number of rotatable bonds is 1. The number of nitrogens with zero attached hydrogens (tertiary/aromatic N) is 1. The first-order valence-electron chi connectivity index (χ1n) is 4.56. The molecule has 0 fully saturated rings. The van der Waals surface area contributed by atoms with Crippen molar-refractivity contribution in [2.24, 2.45) is 0 Å². The van der Waals surface area contributed by atoms with Gasteiger partial charge >= 0.3 is 0 Å². The molecule has 0 aromatic heterocycles. The second-order valence-electron chi connectivity index (χ2n) is 3.42. The maximum absolute atomic E-state index is 11.7. The summed E-state index contributed by atoms with van der Waals surface area (Å²) in [7, 11) is 3.42. The molecule has 2 rings (SSSR count).